The van der Waals surface area contributed by atoms with Crippen molar-refractivity contribution in [1.29, 1.82) is 0 Å². The smallest absolute Gasteiger partial charge is 0.0640 e. The van der Waals surface area contributed by atoms with Crippen molar-refractivity contribution in [3.05, 3.63) is 35.9 Å². The zero-order chi connectivity index (χ0) is 12.7. The highest BCUT2D eigenvalue weighted by Crippen LogP contribution is 2.25. The van der Waals surface area contributed by atoms with E-state index >= 15 is 0 Å². The zero-order valence-corrected chi connectivity index (χ0v) is 11.5. The van der Waals surface area contributed by atoms with Crippen LogP contribution < -0.4 is 5.32 Å². The maximum Gasteiger partial charge on any atom is 0.0640 e. The van der Waals surface area contributed by atoms with Crippen molar-refractivity contribution < 1.29 is 4.74 Å². The highest BCUT2D eigenvalue weighted by molar-refractivity contribution is 5.19. The fraction of sp³-hybridized carbons (Fsp3) is 0.600. The van der Waals surface area contributed by atoms with Crippen molar-refractivity contribution in [2.75, 3.05) is 13.7 Å². The number of rotatable bonds is 7. The van der Waals surface area contributed by atoms with Crippen molar-refractivity contribution in [3.8, 4) is 0 Å². The topological polar surface area (TPSA) is 21.3 Å². The van der Waals surface area contributed by atoms with Crippen LogP contribution in [0.15, 0.2) is 30.3 Å². The second-order valence-electron chi connectivity index (χ2n) is 5.09. The summed E-state index contributed by atoms with van der Waals surface area (Å²) in [6.07, 6.45) is 2.13. The lowest BCUT2D eigenvalue weighted by molar-refractivity contribution is 0.00685. The van der Waals surface area contributed by atoms with Crippen LogP contribution in [0, 0.1) is 0 Å². The Bertz CT molecular complexity index is 308. The first-order chi connectivity index (χ1) is 8.09. The number of ether oxygens (including phenoxy) is 1. The van der Waals surface area contributed by atoms with Crippen LogP contribution in [-0.2, 0) is 4.74 Å². The largest absolute Gasteiger partial charge is 0.379 e. The standard InChI is InChI=1S/C15H25NO/c1-5-11-16-14(12-15(2,3)17-4)13-9-7-6-8-10-13/h6-10,14,16H,5,11-12H2,1-4H3. The molecule has 1 rings (SSSR count). The zero-order valence-electron chi connectivity index (χ0n) is 11.5. The van der Waals surface area contributed by atoms with Gasteiger partial charge in [0.1, 0.15) is 0 Å². The molecule has 0 bridgehead atoms. The molecule has 0 aromatic heterocycles. The number of benzene rings is 1. The third-order valence-electron chi connectivity index (χ3n) is 3.09. The van der Waals surface area contributed by atoms with Crippen molar-refractivity contribution in [1.82, 2.24) is 5.32 Å². The molecule has 0 saturated carbocycles. The molecule has 17 heavy (non-hydrogen) atoms. The van der Waals surface area contributed by atoms with E-state index in [0.717, 1.165) is 19.4 Å². The van der Waals surface area contributed by atoms with Gasteiger partial charge in [-0.25, -0.2) is 0 Å². The number of nitrogens with one attached hydrogen (secondary N) is 1. The molecule has 0 spiro atoms. The number of methoxy groups -OCH3 is 1. The third-order valence-corrected chi connectivity index (χ3v) is 3.09. The van der Waals surface area contributed by atoms with Crippen LogP contribution >= 0.6 is 0 Å². The highest BCUT2D eigenvalue weighted by Gasteiger charge is 2.23. The summed E-state index contributed by atoms with van der Waals surface area (Å²) in [5.74, 6) is 0. The van der Waals surface area contributed by atoms with Gasteiger partial charge in [-0.3, -0.25) is 0 Å². The summed E-state index contributed by atoms with van der Waals surface area (Å²) < 4.78 is 5.53. The Kier molecular flexibility index (Phi) is 5.66. The minimum atomic E-state index is -0.0960. The Labute approximate surface area is 105 Å². The van der Waals surface area contributed by atoms with E-state index in [-0.39, 0.29) is 5.60 Å². The van der Waals surface area contributed by atoms with Crippen molar-refractivity contribution in [2.24, 2.45) is 0 Å². The quantitative estimate of drug-likeness (QED) is 0.780. The molecule has 2 nitrogen and oxygen atoms in total. The molecule has 0 heterocycles. The first-order valence-electron chi connectivity index (χ1n) is 6.42. The first kappa shape index (κ1) is 14.2. The van der Waals surface area contributed by atoms with E-state index < -0.39 is 0 Å². The lowest BCUT2D eigenvalue weighted by Crippen LogP contribution is -2.32. The average molecular weight is 235 g/mol. The summed E-state index contributed by atoms with van der Waals surface area (Å²) in [4.78, 5) is 0. The molecular weight excluding hydrogens is 210 g/mol. The fourth-order valence-corrected chi connectivity index (χ4v) is 1.89. The van der Waals surface area contributed by atoms with Crippen LogP contribution in [0.5, 0.6) is 0 Å². The van der Waals surface area contributed by atoms with Gasteiger partial charge in [-0.1, -0.05) is 37.3 Å². The van der Waals surface area contributed by atoms with Crippen LogP contribution in [0.2, 0.25) is 0 Å². The van der Waals surface area contributed by atoms with Gasteiger partial charge >= 0.3 is 0 Å². The molecule has 0 saturated heterocycles. The summed E-state index contributed by atoms with van der Waals surface area (Å²) in [7, 11) is 1.78. The molecule has 0 amide bonds. The SMILES string of the molecule is CCCNC(CC(C)(C)OC)c1ccccc1. The number of hydrogen-bond donors (Lipinski definition) is 1. The van der Waals surface area contributed by atoms with Gasteiger partial charge in [-0.05, 0) is 38.8 Å². The van der Waals surface area contributed by atoms with Crippen LogP contribution in [-0.4, -0.2) is 19.3 Å². The van der Waals surface area contributed by atoms with Gasteiger partial charge in [-0.2, -0.15) is 0 Å². The Morgan fingerprint density at radius 2 is 1.88 bits per heavy atom. The molecule has 96 valence electrons. The Hall–Kier alpha value is -0.860. The maximum atomic E-state index is 5.53. The minimum absolute atomic E-state index is 0.0960. The summed E-state index contributed by atoms with van der Waals surface area (Å²) in [5.41, 5.74) is 1.24. The average Bonchev–Trinajstić information content (AvgIpc) is 2.35. The van der Waals surface area contributed by atoms with Crippen molar-refractivity contribution in [2.45, 2.75) is 45.3 Å². The van der Waals surface area contributed by atoms with Gasteiger partial charge in [0.2, 0.25) is 0 Å². The lowest BCUT2D eigenvalue weighted by atomic mass is 9.93. The van der Waals surface area contributed by atoms with E-state index in [1.807, 2.05) is 0 Å². The van der Waals surface area contributed by atoms with Gasteiger partial charge in [0.05, 0.1) is 5.60 Å². The van der Waals surface area contributed by atoms with Gasteiger partial charge < -0.3 is 10.1 Å². The van der Waals surface area contributed by atoms with E-state index in [1.54, 1.807) is 7.11 Å². The van der Waals surface area contributed by atoms with E-state index in [1.165, 1.54) is 5.56 Å². The van der Waals surface area contributed by atoms with Crippen LogP contribution in [0.1, 0.15) is 45.2 Å². The Balaban J connectivity index is 2.74. The molecule has 0 fully saturated rings. The molecule has 0 aliphatic rings. The van der Waals surface area contributed by atoms with Gasteiger partial charge in [-0.15, -0.1) is 0 Å². The van der Waals surface area contributed by atoms with E-state index in [9.17, 15) is 0 Å². The molecule has 1 aromatic carbocycles. The first-order valence-corrected chi connectivity index (χ1v) is 6.42. The normalized spacial score (nSPS) is 13.6. The summed E-state index contributed by atoms with van der Waals surface area (Å²) >= 11 is 0. The summed E-state index contributed by atoms with van der Waals surface area (Å²) in [5, 5.41) is 3.60. The molecule has 1 atom stereocenters. The predicted molar refractivity (Wildman–Crippen MR) is 73.2 cm³/mol. The second-order valence-corrected chi connectivity index (χ2v) is 5.09. The maximum absolute atomic E-state index is 5.53. The monoisotopic (exact) mass is 235 g/mol. The molecule has 0 aliphatic heterocycles. The van der Waals surface area contributed by atoms with Gasteiger partial charge in [0.25, 0.3) is 0 Å². The van der Waals surface area contributed by atoms with E-state index in [4.69, 9.17) is 4.74 Å². The lowest BCUT2D eigenvalue weighted by Gasteiger charge is -2.29. The molecule has 0 aliphatic carbocycles. The van der Waals surface area contributed by atoms with Crippen molar-refractivity contribution in [3.63, 3.8) is 0 Å². The second kappa shape index (κ2) is 6.77. The van der Waals surface area contributed by atoms with Crippen LogP contribution in [0.25, 0.3) is 0 Å². The molecule has 0 radical (unpaired) electrons. The van der Waals surface area contributed by atoms with E-state index in [2.05, 4.69) is 56.4 Å². The molecular formula is C15H25NO. The molecule has 2 heteroatoms. The van der Waals surface area contributed by atoms with E-state index in [0.29, 0.717) is 6.04 Å². The highest BCUT2D eigenvalue weighted by atomic mass is 16.5. The summed E-state index contributed by atoms with van der Waals surface area (Å²) in [6, 6.07) is 11.0. The van der Waals surface area contributed by atoms with Crippen molar-refractivity contribution >= 4 is 0 Å². The van der Waals surface area contributed by atoms with Crippen LogP contribution in [0.4, 0.5) is 0 Å². The van der Waals surface area contributed by atoms with Crippen LogP contribution in [0.3, 0.4) is 0 Å². The number of hydrogen-bond acceptors (Lipinski definition) is 2. The fourth-order valence-electron chi connectivity index (χ4n) is 1.89. The predicted octanol–water partition coefficient (Wildman–Crippen LogP) is 3.54. The third kappa shape index (κ3) is 4.88. The molecule has 1 N–H and O–H groups in total. The summed E-state index contributed by atoms with van der Waals surface area (Å²) in [6.45, 7) is 7.50. The van der Waals surface area contributed by atoms with Gasteiger partial charge in [0.15, 0.2) is 0 Å². The van der Waals surface area contributed by atoms with Gasteiger partial charge in [0, 0.05) is 13.2 Å². The molecule has 1 unspecified atom stereocenters. The minimum Gasteiger partial charge on any atom is -0.379 e. The molecule has 1 aromatic rings. The Morgan fingerprint density at radius 3 is 2.41 bits per heavy atom. The Morgan fingerprint density at radius 1 is 1.24 bits per heavy atom.